The summed E-state index contributed by atoms with van der Waals surface area (Å²) in [6.45, 7) is 1.78. The summed E-state index contributed by atoms with van der Waals surface area (Å²) in [5.74, 6) is -0.912. The van der Waals surface area contributed by atoms with Crippen LogP contribution in [0, 0.1) is 5.92 Å². The van der Waals surface area contributed by atoms with Crippen LogP contribution in [0.5, 0.6) is 0 Å². The monoisotopic (exact) mass is 284 g/mol. The number of rotatable bonds is 4. The topological polar surface area (TPSA) is 75.4 Å². The molecule has 1 amide bonds. The quantitative estimate of drug-likeness (QED) is 0.773. The Balaban J connectivity index is 0.00000180. The third kappa shape index (κ3) is 3.93. The molecule has 5 heteroatoms. The number of nitrogens with two attached hydrogens (primary N) is 1. The predicted molar refractivity (Wildman–Crippen MR) is 77.2 cm³/mol. The Morgan fingerprint density at radius 3 is 2.37 bits per heavy atom. The minimum absolute atomic E-state index is 0. The first-order chi connectivity index (χ1) is 8.70. The maximum Gasteiger partial charge on any atom is 0.227 e. The lowest BCUT2D eigenvalue weighted by Gasteiger charge is -2.31. The molecule has 2 rings (SSSR count). The van der Waals surface area contributed by atoms with Crippen LogP contribution in [-0.4, -0.2) is 30.2 Å². The standard InChI is InChI=1S/C14H20N2O2.ClH/c15-14(18)12(10-4-2-1-3-5-10)13(17)11-6-8-16-9-7-11;/h1-5,11-13,16-17H,6-9H2,(H2,15,18);1H. The second-order valence-electron chi connectivity index (χ2n) is 4.87. The van der Waals surface area contributed by atoms with Crippen LogP contribution in [-0.2, 0) is 4.79 Å². The summed E-state index contributed by atoms with van der Waals surface area (Å²) in [5.41, 5.74) is 6.26. The van der Waals surface area contributed by atoms with Crippen molar-refractivity contribution in [3.63, 3.8) is 0 Å². The molecule has 2 unspecified atom stereocenters. The Morgan fingerprint density at radius 2 is 1.84 bits per heavy atom. The van der Waals surface area contributed by atoms with Crippen molar-refractivity contribution in [1.29, 1.82) is 0 Å². The fourth-order valence-electron chi connectivity index (χ4n) is 2.65. The minimum Gasteiger partial charge on any atom is -0.392 e. The Hall–Kier alpha value is -1.10. The summed E-state index contributed by atoms with van der Waals surface area (Å²) in [6.07, 6.45) is 1.09. The highest BCUT2D eigenvalue weighted by molar-refractivity contribution is 5.85. The zero-order valence-corrected chi connectivity index (χ0v) is 11.6. The number of amides is 1. The molecular formula is C14H21ClN2O2. The van der Waals surface area contributed by atoms with E-state index in [1.807, 2.05) is 30.3 Å². The van der Waals surface area contributed by atoms with Gasteiger partial charge in [0, 0.05) is 0 Å². The van der Waals surface area contributed by atoms with E-state index in [9.17, 15) is 9.90 Å². The van der Waals surface area contributed by atoms with E-state index in [4.69, 9.17) is 5.73 Å². The number of aliphatic hydroxyl groups is 1. The molecule has 19 heavy (non-hydrogen) atoms. The summed E-state index contributed by atoms with van der Waals surface area (Å²) < 4.78 is 0. The normalized spacial score (nSPS) is 19.2. The number of carbonyl (C=O) groups is 1. The predicted octanol–water partition coefficient (Wildman–Crippen LogP) is 1.04. The van der Waals surface area contributed by atoms with Gasteiger partial charge in [0.1, 0.15) is 0 Å². The van der Waals surface area contributed by atoms with Gasteiger partial charge in [0.25, 0.3) is 0 Å². The Kier molecular flexibility index (Phi) is 6.28. The molecule has 1 aliphatic heterocycles. The average Bonchev–Trinajstić information content (AvgIpc) is 2.40. The van der Waals surface area contributed by atoms with Gasteiger partial charge in [-0.3, -0.25) is 4.79 Å². The molecule has 0 aromatic heterocycles. The lowest BCUT2D eigenvalue weighted by Crippen LogP contribution is -2.41. The van der Waals surface area contributed by atoms with Crippen LogP contribution in [0.15, 0.2) is 30.3 Å². The van der Waals surface area contributed by atoms with E-state index >= 15 is 0 Å². The minimum atomic E-state index is -0.688. The summed E-state index contributed by atoms with van der Waals surface area (Å²) in [7, 11) is 0. The summed E-state index contributed by atoms with van der Waals surface area (Å²) in [4.78, 5) is 11.6. The maximum absolute atomic E-state index is 11.6. The molecule has 4 nitrogen and oxygen atoms in total. The SMILES string of the molecule is Cl.NC(=O)C(c1ccccc1)C(O)C1CCNCC1. The molecule has 0 spiro atoms. The molecule has 1 aliphatic rings. The molecule has 0 aliphatic carbocycles. The fraction of sp³-hybridized carbons (Fsp3) is 0.500. The zero-order chi connectivity index (χ0) is 13.0. The van der Waals surface area contributed by atoms with Gasteiger partial charge in [0.2, 0.25) is 5.91 Å². The van der Waals surface area contributed by atoms with Crippen LogP contribution in [0.25, 0.3) is 0 Å². The first kappa shape index (κ1) is 16.0. The van der Waals surface area contributed by atoms with Gasteiger partial charge in [0.15, 0.2) is 0 Å². The van der Waals surface area contributed by atoms with Gasteiger partial charge in [0.05, 0.1) is 12.0 Å². The highest BCUT2D eigenvalue weighted by Crippen LogP contribution is 2.28. The van der Waals surface area contributed by atoms with E-state index in [1.165, 1.54) is 0 Å². The number of benzene rings is 1. The second-order valence-corrected chi connectivity index (χ2v) is 4.87. The maximum atomic E-state index is 11.6. The van der Waals surface area contributed by atoms with Crippen molar-refractivity contribution in [2.75, 3.05) is 13.1 Å². The molecule has 106 valence electrons. The number of piperidine rings is 1. The van der Waals surface area contributed by atoms with Crippen molar-refractivity contribution in [3.8, 4) is 0 Å². The average molecular weight is 285 g/mol. The summed E-state index contributed by atoms with van der Waals surface area (Å²) >= 11 is 0. The Morgan fingerprint density at radius 1 is 1.26 bits per heavy atom. The molecule has 1 aromatic rings. The molecule has 0 radical (unpaired) electrons. The van der Waals surface area contributed by atoms with E-state index in [-0.39, 0.29) is 18.3 Å². The first-order valence-corrected chi connectivity index (χ1v) is 6.43. The number of aliphatic hydroxyl groups excluding tert-OH is 1. The second kappa shape index (κ2) is 7.48. The van der Waals surface area contributed by atoms with Crippen molar-refractivity contribution >= 4 is 18.3 Å². The first-order valence-electron chi connectivity index (χ1n) is 6.43. The van der Waals surface area contributed by atoms with Crippen molar-refractivity contribution in [2.45, 2.75) is 24.9 Å². The lowest BCUT2D eigenvalue weighted by molar-refractivity contribution is -0.123. The van der Waals surface area contributed by atoms with Gasteiger partial charge in [-0.2, -0.15) is 0 Å². The van der Waals surface area contributed by atoms with Gasteiger partial charge in [-0.1, -0.05) is 30.3 Å². The third-order valence-electron chi connectivity index (χ3n) is 3.67. The molecule has 0 saturated carbocycles. The summed E-state index contributed by atoms with van der Waals surface area (Å²) in [5, 5.41) is 13.7. The highest BCUT2D eigenvalue weighted by atomic mass is 35.5. The molecule has 0 bridgehead atoms. The number of hydrogen-bond donors (Lipinski definition) is 3. The lowest BCUT2D eigenvalue weighted by atomic mass is 9.81. The third-order valence-corrected chi connectivity index (χ3v) is 3.67. The molecular weight excluding hydrogens is 264 g/mol. The van der Waals surface area contributed by atoms with Gasteiger partial charge < -0.3 is 16.2 Å². The van der Waals surface area contributed by atoms with Crippen LogP contribution >= 0.6 is 12.4 Å². The van der Waals surface area contributed by atoms with E-state index < -0.39 is 17.9 Å². The number of halogens is 1. The van der Waals surface area contributed by atoms with Crippen molar-refractivity contribution in [1.82, 2.24) is 5.32 Å². The van der Waals surface area contributed by atoms with Crippen molar-refractivity contribution in [2.24, 2.45) is 11.7 Å². The zero-order valence-electron chi connectivity index (χ0n) is 10.8. The van der Waals surface area contributed by atoms with E-state index in [1.54, 1.807) is 0 Å². The molecule has 4 N–H and O–H groups in total. The highest BCUT2D eigenvalue weighted by Gasteiger charge is 2.33. The van der Waals surface area contributed by atoms with E-state index in [2.05, 4.69) is 5.32 Å². The van der Waals surface area contributed by atoms with Gasteiger partial charge >= 0.3 is 0 Å². The molecule has 1 saturated heterocycles. The number of hydrogen-bond acceptors (Lipinski definition) is 3. The van der Waals surface area contributed by atoms with Crippen LogP contribution in [0.3, 0.4) is 0 Å². The summed E-state index contributed by atoms with van der Waals surface area (Å²) in [6, 6.07) is 9.30. The number of primary amides is 1. The smallest absolute Gasteiger partial charge is 0.227 e. The van der Waals surface area contributed by atoms with Crippen LogP contribution in [0.4, 0.5) is 0 Å². The number of carbonyl (C=O) groups excluding carboxylic acids is 1. The van der Waals surface area contributed by atoms with Crippen LogP contribution < -0.4 is 11.1 Å². The fourth-order valence-corrected chi connectivity index (χ4v) is 2.65. The van der Waals surface area contributed by atoms with Crippen molar-refractivity contribution < 1.29 is 9.90 Å². The molecule has 1 aromatic carbocycles. The number of nitrogens with one attached hydrogen (secondary N) is 1. The van der Waals surface area contributed by atoms with E-state index in [0.717, 1.165) is 31.5 Å². The Labute approximate surface area is 119 Å². The largest absolute Gasteiger partial charge is 0.392 e. The Bertz CT molecular complexity index is 394. The molecule has 2 atom stereocenters. The van der Waals surface area contributed by atoms with Gasteiger partial charge in [-0.05, 0) is 37.4 Å². The van der Waals surface area contributed by atoms with Gasteiger partial charge in [-0.25, -0.2) is 0 Å². The van der Waals surface area contributed by atoms with E-state index in [0.29, 0.717) is 0 Å². The van der Waals surface area contributed by atoms with Crippen LogP contribution in [0.1, 0.15) is 24.3 Å². The molecule has 1 fully saturated rings. The van der Waals surface area contributed by atoms with Crippen molar-refractivity contribution in [3.05, 3.63) is 35.9 Å². The van der Waals surface area contributed by atoms with Gasteiger partial charge in [-0.15, -0.1) is 12.4 Å². The van der Waals surface area contributed by atoms with Crippen LogP contribution in [0.2, 0.25) is 0 Å². The molecule has 1 heterocycles.